The zero-order valence-electron chi connectivity index (χ0n) is 18.7. The summed E-state index contributed by atoms with van der Waals surface area (Å²) in [7, 11) is 3.92. The number of likely N-dealkylation sites (tertiary alicyclic amines) is 2. The molecule has 3 rings (SSSR count). The minimum Gasteiger partial charge on any atom is -0.387 e. The van der Waals surface area contributed by atoms with Crippen molar-refractivity contribution < 1.29 is 13.6 Å². The summed E-state index contributed by atoms with van der Waals surface area (Å²) in [6.45, 7) is 5.19. The van der Waals surface area contributed by atoms with Crippen LogP contribution in [0.2, 0.25) is 0 Å². The summed E-state index contributed by atoms with van der Waals surface area (Å²) < 4.78 is 29.5. The third-order valence-electron chi connectivity index (χ3n) is 5.71. The molecule has 0 radical (unpaired) electrons. The van der Waals surface area contributed by atoms with E-state index in [0.29, 0.717) is 37.5 Å². The fraction of sp³-hybridized carbons (Fsp3) is 0.500. The molecule has 0 saturated carbocycles. The first-order valence-corrected chi connectivity index (χ1v) is 11.0. The molecule has 0 spiro atoms. The fourth-order valence-electron chi connectivity index (χ4n) is 4.07. The van der Waals surface area contributed by atoms with Crippen LogP contribution in [0.25, 0.3) is 6.08 Å². The van der Waals surface area contributed by atoms with Crippen molar-refractivity contribution in [3.05, 3.63) is 34.9 Å². The van der Waals surface area contributed by atoms with Gasteiger partial charge in [-0.2, -0.15) is 0 Å². The van der Waals surface area contributed by atoms with E-state index < -0.39 is 11.6 Å². The molecule has 2 amide bonds. The highest BCUT2D eigenvalue weighted by molar-refractivity contribution is 7.80. The van der Waals surface area contributed by atoms with Crippen LogP contribution >= 0.6 is 12.2 Å². The maximum absolute atomic E-state index is 14.7. The van der Waals surface area contributed by atoms with Crippen LogP contribution in [0, 0.1) is 17.6 Å². The summed E-state index contributed by atoms with van der Waals surface area (Å²) in [6.07, 6.45) is 2.61. The Labute approximate surface area is 192 Å². The molecule has 0 atom stereocenters. The van der Waals surface area contributed by atoms with Gasteiger partial charge in [-0.1, -0.05) is 5.57 Å². The number of amidine groups is 1. The number of carbonyl (C=O) groups is 1. The molecule has 0 aromatic heterocycles. The van der Waals surface area contributed by atoms with E-state index in [1.54, 1.807) is 17.9 Å². The quantitative estimate of drug-likeness (QED) is 0.407. The summed E-state index contributed by atoms with van der Waals surface area (Å²) in [5.41, 5.74) is 6.84. The molecule has 32 heavy (non-hydrogen) atoms. The van der Waals surface area contributed by atoms with E-state index in [1.165, 1.54) is 12.1 Å². The van der Waals surface area contributed by atoms with Gasteiger partial charge in [0.05, 0.1) is 5.84 Å². The molecule has 2 saturated heterocycles. The predicted molar refractivity (Wildman–Crippen MR) is 128 cm³/mol. The highest BCUT2D eigenvalue weighted by atomic mass is 32.1. The van der Waals surface area contributed by atoms with Crippen LogP contribution in [0.1, 0.15) is 25.3 Å². The number of carbonyl (C=O) groups excluding carboxylic acids is 1. The minimum absolute atomic E-state index is 0.00914. The van der Waals surface area contributed by atoms with Gasteiger partial charge in [0.15, 0.2) is 0 Å². The Bertz CT molecular complexity index is 907. The highest BCUT2D eigenvalue weighted by Gasteiger charge is 2.25. The van der Waals surface area contributed by atoms with Gasteiger partial charge in [0.1, 0.15) is 11.6 Å². The van der Waals surface area contributed by atoms with Crippen molar-refractivity contribution in [2.24, 2.45) is 16.6 Å². The van der Waals surface area contributed by atoms with E-state index in [2.05, 4.69) is 22.3 Å². The monoisotopic (exact) mass is 464 g/mol. The molecule has 10 heteroatoms. The van der Waals surface area contributed by atoms with Crippen LogP contribution in [0.3, 0.4) is 0 Å². The van der Waals surface area contributed by atoms with Crippen LogP contribution in [0.15, 0.2) is 22.7 Å². The van der Waals surface area contributed by atoms with Crippen LogP contribution in [0.4, 0.5) is 19.3 Å². The molecule has 2 aliphatic heterocycles. The van der Waals surface area contributed by atoms with E-state index in [1.807, 2.05) is 11.9 Å². The normalized spacial score (nSPS) is 17.7. The van der Waals surface area contributed by atoms with Crippen LogP contribution < -0.4 is 16.0 Å². The maximum atomic E-state index is 14.7. The Hall–Kier alpha value is -2.59. The first-order chi connectivity index (χ1) is 15.1. The lowest BCUT2D eigenvalue weighted by Gasteiger charge is -2.39. The highest BCUT2D eigenvalue weighted by Crippen LogP contribution is 2.27. The number of hydrogen-bond acceptors (Lipinski definition) is 4. The van der Waals surface area contributed by atoms with Crippen molar-refractivity contribution in [3.63, 3.8) is 0 Å². The number of piperidine rings is 1. The lowest BCUT2D eigenvalue weighted by Crippen LogP contribution is -2.48. The number of amides is 2. The number of halogens is 2. The number of hydrogen-bond donors (Lipinski definition) is 2. The molecule has 0 bridgehead atoms. The zero-order chi connectivity index (χ0) is 23.4. The number of benzene rings is 1. The summed E-state index contributed by atoms with van der Waals surface area (Å²) in [5, 5.41) is 2.52. The van der Waals surface area contributed by atoms with E-state index >= 15 is 0 Å². The first kappa shape index (κ1) is 24.1. The number of rotatable bonds is 4. The van der Waals surface area contributed by atoms with E-state index in [4.69, 9.17) is 18.0 Å². The molecule has 2 heterocycles. The number of aliphatic imine (C=N–C) groups is 1. The van der Waals surface area contributed by atoms with Crippen LogP contribution in [0.5, 0.6) is 0 Å². The summed E-state index contributed by atoms with van der Waals surface area (Å²) in [4.78, 5) is 21.8. The predicted octanol–water partition coefficient (Wildman–Crippen LogP) is 2.81. The Balaban J connectivity index is 1.59. The molecule has 1 aromatic carbocycles. The van der Waals surface area contributed by atoms with Gasteiger partial charge in [0, 0.05) is 56.9 Å². The number of anilines is 1. The number of nitrogens with zero attached hydrogens (tertiary/aromatic N) is 4. The number of nitrogens with two attached hydrogens (primary N) is 1. The van der Waals surface area contributed by atoms with Crippen molar-refractivity contribution >= 4 is 41.0 Å². The van der Waals surface area contributed by atoms with Crippen molar-refractivity contribution in [3.8, 4) is 0 Å². The molecule has 174 valence electrons. The van der Waals surface area contributed by atoms with Crippen molar-refractivity contribution in [1.29, 1.82) is 0 Å². The second-order valence-corrected chi connectivity index (χ2v) is 8.96. The third-order valence-corrected chi connectivity index (χ3v) is 5.90. The molecule has 3 N–H and O–H groups in total. The lowest BCUT2D eigenvalue weighted by atomic mass is 9.99. The number of thiocarbonyl (C=S) groups is 1. The SMILES string of the molecule is C/C(N)=N/C(=S)NC(=O)N1CCC(=Cc2c(F)cc(N(C)CC3CN(C)C3)cc2F)CC1. The first-order valence-electron chi connectivity index (χ1n) is 10.6. The second kappa shape index (κ2) is 10.4. The summed E-state index contributed by atoms with van der Waals surface area (Å²) in [5.74, 6) is -0.381. The molecular weight excluding hydrogens is 434 g/mol. The average Bonchev–Trinajstić information content (AvgIpc) is 2.69. The van der Waals surface area contributed by atoms with Gasteiger partial charge in [-0.05, 0) is 57.2 Å². The minimum atomic E-state index is -0.578. The molecule has 2 aliphatic rings. The fourth-order valence-corrected chi connectivity index (χ4v) is 4.30. The van der Waals surface area contributed by atoms with Gasteiger partial charge in [-0.3, -0.25) is 5.32 Å². The van der Waals surface area contributed by atoms with Gasteiger partial charge in [-0.25, -0.2) is 18.6 Å². The second-order valence-electron chi connectivity index (χ2n) is 8.57. The Kier molecular flexibility index (Phi) is 7.78. The zero-order valence-corrected chi connectivity index (χ0v) is 19.5. The lowest BCUT2D eigenvalue weighted by molar-refractivity contribution is 0.140. The van der Waals surface area contributed by atoms with Gasteiger partial charge < -0.3 is 20.4 Å². The molecule has 0 aliphatic carbocycles. The Morgan fingerprint density at radius 3 is 2.44 bits per heavy atom. The average molecular weight is 465 g/mol. The van der Waals surface area contributed by atoms with Crippen LogP contribution in [-0.2, 0) is 0 Å². The molecule has 0 unspecified atom stereocenters. The maximum Gasteiger partial charge on any atom is 0.323 e. The van der Waals surface area contributed by atoms with Crippen LogP contribution in [-0.4, -0.2) is 73.6 Å². The summed E-state index contributed by atoms with van der Waals surface area (Å²) >= 11 is 4.95. The number of urea groups is 1. The van der Waals surface area contributed by atoms with Gasteiger partial charge in [0.2, 0.25) is 5.11 Å². The third kappa shape index (κ3) is 6.23. The molecule has 7 nitrogen and oxygen atoms in total. The van der Waals surface area contributed by atoms with Crippen molar-refractivity contribution in [2.45, 2.75) is 19.8 Å². The largest absolute Gasteiger partial charge is 0.387 e. The number of nitrogens with one attached hydrogen (secondary N) is 1. The van der Waals surface area contributed by atoms with E-state index in [0.717, 1.165) is 25.2 Å². The molecule has 1 aromatic rings. The van der Waals surface area contributed by atoms with Gasteiger partial charge in [-0.15, -0.1) is 0 Å². The Morgan fingerprint density at radius 2 is 1.91 bits per heavy atom. The van der Waals surface area contributed by atoms with Gasteiger partial charge >= 0.3 is 6.03 Å². The standard InChI is InChI=1S/C22H30F2N6OS/c1-14(25)26-21(32)27-22(31)30-6-4-15(5-7-30)8-18-19(23)9-17(10-20(18)24)29(3)13-16-11-28(2)12-16/h8-10,16H,4-7,11-13H2,1-3H3,(H3,25,26,27,31,32). The van der Waals surface area contributed by atoms with Crippen molar-refractivity contribution in [2.75, 3.05) is 51.7 Å². The van der Waals surface area contributed by atoms with E-state index in [9.17, 15) is 13.6 Å². The topological polar surface area (TPSA) is 77.2 Å². The van der Waals surface area contributed by atoms with Gasteiger partial charge in [0.25, 0.3) is 0 Å². The molecular formula is C22H30F2N6OS. The van der Waals surface area contributed by atoms with Crippen molar-refractivity contribution in [1.82, 2.24) is 15.1 Å². The smallest absolute Gasteiger partial charge is 0.323 e. The Morgan fingerprint density at radius 1 is 1.31 bits per heavy atom. The summed E-state index contributed by atoms with van der Waals surface area (Å²) in [6, 6.07) is 2.42. The molecule has 2 fully saturated rings. The van der Waals surface area contributed by atoms with E-state index in [-0.39, 0.29) is 22.5 Å².